The van der Waals surface area contributed by atoms with Crippen LogP contribution in [0.25, 0.3) is 0 Å². The molecule has 0 N–H and O–H groups in total. The van der Waals surface area contributed by atoms with Crippen LogP contribution in [0.15, 0.2) is 61.2 Å². The molecular formula is C16H15N3O. The molecule has 0 fully saturated rings. The molecule has 20 heavy (non-hydrogen) atoms. The average Bonchev–Trinajstić information content (AvgIpc) is 3.11. The van der Waals surface area contributed by atoms with E-state index in [1.807, 2.05) is 45.7 Å². The van der Waals surface area contributed by atoms with E-state index in [1.165, 1.54) is 5.56 Å². The van der Waals surface area contributed by atoms with E-state index in [2.05, 4.69) is 17.1 Å². The highest BCUT2D eigenvalue weighted by Crippen LogP contribution is 2.13. The zero-order valence-corrected chi connectivity index (χ0v) is 11.0. The Kier molecular flexibility index (Phi) is 3.46. The molecule has 3 aromatic rings. The van der Waals surface area contributed by atoms with Crippen molar-refractivity contribution in [3.8, 4) is 0 Å². The fourth-order valence-electron chi connectivity index (χ4n) is 2.29. The van der Waals surface area contributed by atoms with Crippen molar-refractivity contribution < 1.29 is 4.79 Å². The Labute approximate surface area is 117 Å². The molecule has 4 heteroatoms. The second-order valence-corrected chi connectivity index (χ2v) is 4.67. The summed E-state index contributed by atoms with van der Waals surface area (Å²) in [5.74, 6) is 0. The molecule has 2 heterocycles. The largest absolute Gasteiger partial charge is 0.336 e. The Morgan fingerprint density at radius 2 is 1.90 bits per heavy atom. The third-order valence-electron chi connectivity index (χ3n) is 3.31. The van der Waals surface area contributed by atoms with Gasteiger partial charge in [-0.05, 0) is 17.7 Å². The summed E-state index contributed by atoms with van der Waals surface area (Å²) in [7, 11) is 0. The van der Waals surface area contributed by atoms with Gasteiger partial charge in [0.25, 0.3) is 0 Å². The number of carbonyl (C=O) groups excluding carboxylic acids is 1. The molecule has 0 bridgehead atoms. The van der Waals surface area contributed by atoms with E-state index in [9.17, 15) is 4.79 Å². The van der Waals surface area contributed by atoms with Crippen LogP contribution in [0.3, 0.4) is 0 Å². The third-order valence-corrected chi connectivity index (χ3v) is 3.31. The molecule has 0 saturated heterocycles. The normalized spacial score (nSPS) is 10.6. The first-order chi connectivity index (χ1) is 9.86. The van der Waals surface area contributed by atoms with Crippen molar-refractivity contribution >= 4 is 6.29 Å². The number of hydrogen-bond acceptors (Lipinski definition) is 2. The highest BCUT2D eigenvalue weighted by atomic mass is 16.1. The van der Waals surface area contributed by atoms with Crippen molar-refractivity contribution in [2.24, 2.45) is 0 Å². The van der Waals surface area contributed by atoms with E-state index in [4.69, 9.17) is 0 Å². The highest BCUT2D eigenvalue weighted by Gasteiger charge is 2.08. The lowest BCUT2D eigenvalue weighted by Crippen LogP contribution is -2.10. The number of aldehydes is 1. The van der Waals surface area contributed by atoms with Crippen molar-refractivity contribution in [1.82, 2.24) is 14.1 Å². The Balaban J connectivity index is 1.91. The maximum absolute atomic E-state index is 11.2. The second-order valence-electron chi connectivity index (χ2n) is 4.67. The monoisotopic (exact) mass is 265 g/mol. The summed E-state index contributed by atoms with van der Waals surface area (Å²) in [5, 5.41) is 0. The summed E-state index contributed by atoms with van der Waals surface area (Å²) in [4.78, 5) is 15.2. The second kappa shape index (κ2) is 5.57. The maximum atomic E-state index is 11.2. The number of hydrogen-bond donors (Lipinski definition) is 0. The molecule has 0 aliphatic heterocycles. The lowest BCUT2D eigenvalue weighted by molar-refractivity contribution is 0.111. The zero-order valence-electron chi connectivity index (χ0n) is 11.0. The van der Waals surface area contributed by atoms with E-state index in [1.54, 1.807) is 12.5 Å². The molecule has 0 radical (unpaired) electrons. The average molecular weight is 265 g/mol. The minimum atomic E-state index is 0.698. The molecule has 0 unspecified atom stereocenters. The molecule has 0 aliphatic rings. The molecule has 0 atom stereocenters. The number of aromatic nitrogens is 3. The van der Waals surface area contributed by atoms with Gasteiger partial charge in [0.15, 0.2) is 6.29 Å². The zero-order chi connectivity index (χ0) is 13.8. The van der Waals surface area contributed by atoms with E-state index in [0.717, 1.165) is 12.0 Å². The van der Waals surface area contributed by atoms with E-state index in [-0.39, 0.29) is 0 Å². The Morgan fingerprint density at radius 1 is 1.05 bits per heavy atom. The van der Waals surface area contributed by atoms with Crippen LogP contribution in [0, 0.1) is 0 Å². The van der Waals surface area contributed by atoms with Crippen LogP contribution in [0.5, 0.6) is 0 Å². The van der Waals surface area contributed by atoms with Crippen LogP contribution in [-0.2, 0) is 13.1 Å². The predicted molar refractivity (Wildman–Crippen MR) is 76.7 cm³/mol. The minimum Gasteiger partial charge on any atom is -0.336 e. The fourth-order valence-corrected chi connectivity index (χ4v) is 2.29. The van der Waals surface area contributed by atoms with E-state index < -0.39 is 0 Å². The summed E-state index contributed by atoms with van der Waals surface area (Å²) in [6.45, 7) is 1.41. The standard InChI is InChI=1S/C16H15N3O/c20-12-16-7-6-15(11-18-9-8-17-13-18)19(16)10-14-4-2-1-3-5-14/h1-9,12-13H,10-11H2. The molecule has 0 spiro atoms. The van der Waals surface area contributed by atoms with Gasteiger partial charge in [-0.3, -0.25) is 4.79 Å². The van der Waals surface area contributed by atoms with E-state index >= 15 is 0 Å². The smallest absolute Gasteiger partial charge is 0.166 e. The Bertz CT molecular complexity index is 684. The maximum Gasteiger partial charge on any atom is 0.166 e. The van der Waals surface area contributed by atoms with Crippen LogP contribution in [-0.4, -0.2) is 20.4 Å². The Morgan fingerprint density at radius 3 is 2.60 bits per heavy atom. The van der Waals surface area contributed by atoms with Gasteiger partial charge in [0.1, 0.15) is 0 Å². The molecule has 2 aromatic heterocycles. The fraction of sp³-hybridized carbons (Fsp3) is 0.125. The summed E-state index contributed by atoms with van der Waals surface area (Å²) >= 11 is 0. The summed E-state index contributed by atoms with van der Waals surface area (Å²) in [5.41, 5.74) is 2.97. The minimum absolute atomic E-state index is 0.698. The van der Waals surface area contributed by atoms with Gasteiger partial charge < -0.3 is 9.13 Å². The molecule has 4 nitrogen and oxygen atoms in total. The van der Waals surface area contributed by atoms with Gasteiger partial charge in [-0.1, -0.05) is 30.3 Å². The number of carbonyl (C=O) groups is 1. The van der Waals surface area contributed by atoms with Crippen molar-refractivity contribution in [1.29, 1.82) is 0 Å². The molecule has 0 aliphatic carbocycles. The number of nitrogens with zero attached hydrogens (tertiary/aromatic N) is 3. The van der Waals surface area contributed by atoms with Gasteiger partial charge in [-0.25, -0.2) is 4.98 Å². The molecule has 0 saturated carbocycles. The Hall–Kier alpha value is -2.62. The van der Waals surface area contributed by atoms with Crippen molar-refractivity contribution in [3.63, 3.8) is 0 Å². The molecule has 100 valence electrons. The third kappa shape index (κ3) is 2.54. The van der Waals surface area contributed by atoms with Gasteiger partial charge in [-0.2, -0.15) is 0 Å². The molecular weight excluding hydrogens is 250 g/mol. The van der Waals surface area contributed by atoms with E-state index in [0.29, 0.717) is 18.8 Å². The summed E-state index contributed by atoms with van der Waals surface area (Å²) < 4.78 is 4.04. The number of imidazole rings is 1. The first-order valence-electron chi connectivity index (χ1n) is 6.50. The summed E-state index contributed by atoms with van der Waals surface area (Å²) in [6.07, 6.45) is 6.35. The lowest BCUT2D eigenvalue weighted by atomic mass is 10.2. The molecule has 1 aromatic carbocycles. The topological polar surface area (TPSA) is 39.8 Å². The van der Waals surface area contributed by atoms with Gasteiger partial charge in [0, 0.05) is 24.6 Å². The summed E-state index contributed by atoms with van der Waals surface area (Å²) in [6, 6.07) is 14.0. The van der Waals surface area contributed by atoms with Crippen LogP contribution < -0.4 is 0 Å². The highest BCUT2D eigenvalue weighted by molar-refractivity contribution is 5.72. The lowest BCUT2D eigenvalue weighted by Gasteiger charge is -2.11. The SMILES string of the molecule is O=Cc1ccc(Cn2ccnc2)n1Cc1ccccc1. The van der Waals surface area contributed by atoms with Crippen LogP contribution in [0.1, 0.15) is 21.7 Å². The van der Waals surface area contributed by atoms with Crippen molar-refractivity contribution in [2.75, 3.05) is 0 Å². The van der Waals surface area contributed by atoms with Crippen LogP contribution >= 0.6 is 0 Å². The van der Waals surface area contributed by atoms with Gasteiger partial charge >= 0.3 is 0 Å². The number of benzene rings is 1. The van der Waals surface area contributed by atoms with Gasteiger partial charge in [0.05, 0.1) is 18.6 Å². The van der Waals surface area contributed by atoms with Crippen LogP contribution in [0.2, 0.25) is 0 Å². The van der Waals surface area contributed by atoms with Crippen molar-refractivity contribution in [3.05, 3.63) is 78.1 Å². The molecule has 0 amide bonds. The quantitative estimate of drug-likeness (QED) is 0.665. The van der Waals surface area contributed by atoms with Crippen molar-refractivity contribution in [2.45, 2.75) is 13.1 Å². The first-order valence-corrected chi connectivity index (χ1v) is 6.50. The van der Waals surface area contributed by atoms with Gasteiger partial charge in [-0.15, -0.1) is 0 Å². The first kappa shape index (κ1) is 12.4. The molecule has 3 rings (SSSR count). The number of rotatable bonds is 5. The van der Waals surface area contributed by atoms with Crippen LogP contribution in [0.4, 0.5) is 0 Å². The predicted octanol–water partition coefficient (Wildman–Crippen LogP) is 2.59. The van der Waals surface area contributed by atoms with Gasteiger partial charge in [0.2, 0.25) is 0 Å².